The van der Waals surface area contributed by atoms with Crippen molar-refractivity contribution >= 4 is 17.7 Å². The maximum atomic E-state index is 12.9. The minimum atomic E-state index is -0.607. The lowest BCUT2D eigenvalue weighted by Crippen LogP contribution is -2.52. The summed E-state index contributed by atoms with van der Waals surface area (Å²) in [5.41, 5.74) is 4.01. The van der Waals surface area contributed by atoms with Gasteiger partial charge in [-0.15, -0.1) is 0 Å². The van der Waals surface area contributed by atoms with Crippen LogP contribution in [0.5, 0.6) is 5.75 Å². The summed E-state index contributed by atoms with van der Waals surface area (Å²) in [4.78, 5) is 38.1. The van der Waals surface area contributed by atoms with E-state index in [2.05, 4.69) is 41.8 Å². The lowest BCUT2D eigenvalue weighted by atomic mass is 10.0. The van der Waals surface area contributed by atoms with Crippen molar-refractivity contribution in [3.8, 4) is 5.75 Å². The SMILES string of the molecule is CCN[C@H]1c2ccccc2C[C@@H]1Oc1ccc2c(c1)CN(C1CCC(=O)NC1=O)C2=O. The topological polar surface area (TPSA) is 87.7 Å². The van der Waals surface area contributed by atoms with Gasteiger partial charge in [0.25, 0.3) is 5.91 Å². The van der Waals surface area contributed by atoms with Crippen LogP contribution in [0.3, 0.4) is 0 Å². The van der Waals surface area contributed by atoms with Gasteiger partial charge in [0.15, 0.2) is 0 Å². The predicted molar refractivity (Wildman–Crippen MR) is 113 cm³/mol. The fourth-order valence-electron chi connectivity index (χ4n) is 4.93. The van der Waals surface area contributed by atoms with Crippen LogP contribution in [0.25, 0.3) is 0 Å². The quantitative estimate of drug-likeness (QED) is 0.725. The largest absolute Gasteiger partial charge is 0.488 e. The van der Waals surface area contributed by atoms with Gasteiger partial charge in [-0.1, -0.05) is 31.2 Å². The number of fused-ring (bicyclic) bond motifs is 2. The van der Waals surface area contributed by atoms with E-state index >= 15 is 0 Å². The molecule has 0 radical (unpaired) electrons. The summed E-state index contributed by atoms with van der Waals surface area (Å²) >= 11 is 0. The summed E-state index contributed by atoms with van der Waals surface area (Å²) in [6.07, 6.45) is 1.41. The second-order valence-corrected chi connectivity index (χ2v) is 8.31. The molecule has 5 rings (SSSR count). The fraction of sp³-hybridized carbons (Fsp3) is 0.375. The molecule has 1 unspecified atom stereocenters. The molecule has 1 fully saturated rings. The smallest absolute Gasteiger partial charge is 0.255 e. The van der Waals surface area contributed by atoms with E-state index in [9.17, 15) is 14.4 Å². The Morgan fingerprint density at radius 1 is 1.13 bits per heavy atom. The zero-order valence-electron chi connectivity index (χ0n) is 17.4. The molecular weight excluding hydrogens is 394 g/mol. The van der Waals surface area contributed by atoms with E-state index in [1.807, 2.05) is 12.1 Å². The Kier molecular flexibility index (Phi) is 4.98. The van der Waals surface area contributed by atoms with Gasteiger partial charge in [0.2, 0.25) is 11.8 Å². The highest BCUT2D eigenvalue weighted by molar-refractivity contribution is 6.05. The number of ether oxygens (including phenoxy) is 1. The highest BCUT2D eigenvalue weighted by Crippen LogP contribution is 2.36. The van der Waals surface area contributed by atoms with Gasteiger partial charge in [-0.3, -0.25) is 19.7 Å². The number of amides is 3. The second-order valence-electron chi connectivity index (χ2n) is 8.31. The van der Waals surface area contributed by atoms with Gasteiger partial charge in [-0.2, -0.15) is 0 Å². The van der Waals surface area contributed by atoms with E-state index < -0.39 is 11.9 Å². The van der Waals surface area contributed by atoms with Crippen LogP contribution in [-0.4, -0.2) is 41.3 Å². The Balaban J connectivity index is 1.34. The van der Waals surface area contributed by atoms with Crippen molar-refractivity contribution in [2.24, 2.45) is 0 Å². The van der Waals surface area contributed by atoms with Crippen LogP contribution >= 0.6 is 0 Å². The number of rotatable bonds is 5. The molecule has 3 aliphatic rings. The number of hydrogen-bond acceptors (Lipinski definition) is 5. The number of benzene rings is 2. The maximum absolute atomic E-state index is 12.9. The standard InChI is InChI=1S/C24H25N3O4/c1-2-25-22-17-6-4-3-5-14(17)12-20(22)31-16-7-8-18-15(11-16)13-27(24(18)30)19-9-10-21(28)26-23(19)29/h3-8,11,19-20,22,25H,2,9-10,12-13H2,1H3,(H,26,28,29)/t19?,20-,22-/m0/s1. The molecule has 2 N–H and O–H groups in total. The van der Waals surface area contributed by atoms with Gasteiger partial charge in [0.05, 0.1) is 6.04 Å². The Bertz CT molecular complexity index is 1070. The molecule has 160 valence electrons. The van der Waals surface area contributed by atoms with E-state index in [1.54, 1.807) is 11.0 Å². The second kappa shape index (κ2) is 7.81. The summed E-state index contributed by atoms with van der Waals surface area (Å²) in [7, 11) is 0. The van der Waals surface area contributed by atoms with Crippen molar-refractivity contribution in [2.45, 2.75) is 50.9 Å². The average molecular weight is 419 g/mol. The molecule has 0 bridgehead atoms. The molecule has 0 aromatic heterocycles. The summed E-state index contributed by atoms with van der Waals surface area (Å²) in [5.74, 6) is -0.132. The Morgan fingerprint density at radius 2 is 1.97 bits per heavy atom. The van der Waals surface area contributed by atoms with Crippen LogP contribution in [0, 0.1) is 0 Å². The van der Waals surface area contributed by atoms with Crippen LogP contribution in [0.15, 0.2) is 42.5 Å². The summed E-state index contributed by atoms with van der Waals surface area (Å²) < 4.78 is 6.38. The number of hydrogen-bond donors (Lipinski definition) is 2. The van der Waals surface area contributed by atoms with Crippen LogP contribution in [0.2, 0.25) is 0 Å². The Hall–Kier alpha value is -3.19. The molecule has 2 aromatic carbocycles. The number of imide groups is 1. The molecule has 7 heteroatoms. The molecule has 2 aliphatic heterocycles. The lowest BCUT2D eigenvalue weighted by molar-refractivity contribution is -0.136. The van der Waals surface area contributed by atoms with E-state index in [1.165, 1.54) is 11.1 Å². The minimum absolute atomic E-state index is 0.0289. The third-order valence-electron chi connectivity index (χ3n) is 6.39. The van der Waals surface area contributed by atoms with Crippen LogP contribution < -0.4 is 15.4 Å². The van der Waals surface area contributed by atoms with E-state index in [-0.39, 0.29) is 30.4 Å². The first kappa shape index (κ1) is 19.8. The number of piperidine rings is 1. The van der Waals surface area contributed by atoms with Gasteiger partial charge in [-0.05, 0) is 47.9 Å². The maximum Gasteiger partial charge on any atom is 0.255 e. The normalized spacial score (nSPS) is 24.7. The monoisotopic (exact) mass is 419 g/mol. The van der Waals surface area contributed by atoms with Crippen molar-refractivity contribution in [3.05, 3.63) is 64.7 Å². The minimum Gasteiger partial charge on any atom is -0.488 e. The molecule has 1 saturated heterocycles. The molecule has 7 nitrogen and oxygen atoms in total. The van der Waals surface area contributed by atoms with Crippen LogP contribution in [0.1, 0.15) is 52.9 Å². The third kappa shape index (κ3) is 3.49. The first-order chi connectivity index (χ1) is 15.0. The van der Waals surface area contributed by atoms with Gasteiger partial charge in [0.1, 0.15) is 17.9 Å². The zero-order valence-corrected chi connectivity index (χ0v) is 17.4. The summed E-state index contributed by atoms with van der Waals surface area (Å²) in [5, 5.41) is 5.86. The molecule has 3 amide bonds. The van der Waals surface area contributed by atoms with Crippen molar-refractivity contribution in [1.82, 2.24) is 15.5 Å². The predicted octanol–water partition coefficient (Wildman–Crippen LogP) is 2.10. The molecule has 1 aliphatic carbocycles. The highest BCUT2D eigenvalue weighted by Gasteiger charge is 2.39. The van der Waals surface area contributed by atoms with Gasteiger partial charge < -0.3 is 15.0 Å². The van der Waals surface area contributed by atoms with E-state index in [4.69, 9.17) is 4.74 Å². The van der Waals surface area contributed by atoms with Gasteiger partial charge in [-0.25, -0.2) is 0 Å². The highest BCUT2D eigenvalue weighted by atomic mass is 16.5. The first-order valence-electron chi connectivity index (χ1n) is 10.8. The number of nitrogens with zero attached hydrogens (tertiary/aromatic N) is 1. The molecule has 0 saturated carbocycles. The van der Waals surface area contributed by atoms with Gasteiger partial charge in [0, 0.05) is 24.9 Å². The van der Waals surface area contributed by atoms with Crippen LogP contribution in [-0.2, 0) is 22.6 Å². The number of carbonyl (C=O) groups excluding carboxylic acids is 3. The molecule has 2 aromatic rings. The van der Waals surface area contributed by atoms with Crippen molar-refractivity contribution < 1.29 is 19.1 Å². The Morgan fingerprint density at radius 3 is 2.77 bits per heavy atom. The molecule has 2 heterocycles. The fourth-order valence-corrected chi connectivity index (χ4v) is 4.93. The van der Waals surface area contributed by atoms with Gasteiger partial charge >= 0.3 is 0 Å². The Labute approximate surface area is 180 Å². The number of carbonyl (C=O) groups is 3. The molecule has 3 atom stereocenters. The zero-order chi connectivity index (χ0) is 21.5. The number of nitrogens with one attached hydrogen (secondary N) is 2. The van der Waals surface area contributed by atoms with E-state index in [0.29, 0.717) is 18.5 Å². The van der Waals surface area contributed by atoms with Crippen molar-refractivity contribution in [3.63, 3.8) is 0 Å². The molecule has 0 spiro atoms. The first-order valence-corrected chi connectivity index (χ1v) is 10.8. The summed E-state index contributed by atoms with van der Waals surface area (Å²) in [6.45, 7) is 3.28. The molecule has 31 heavy (non-hydrogen) atoms. The number of likely N-dealkylation sites (N-methyl/N-ethyl adjacent to an activating group) is 1. The van der Waals surface area contributed by atoms with Crippen molar-refractivity contribution in [1.29, 1.82) is 0 Å². The molecular formula is C24H25N3O4. The summed E-state index contributed by atoms with van der Waals surface area (Å²) in [6, 6.07) is 13.4. The van der Waals surface area contributed by atoms with Crippen molar-refractivity contribution in [2.75, 3.05) is 6.54 Å². The average Bonchev–Trinajstić information content (AvgIpc) is 3.26. The third-order valence-corrected chi connectivity index (χ3v) is 6.39. The van der Waals surface area contributed by atoms with E-state index in [0.717, 1.165) is 24.3 Å². The van der Waals surface area contributed by atoms with Crippen LogP contribution in [0.4, 0.5) is 0 Å². The lowest BCUT2D eigenvalue weighted by Gasteiger charge is -2.29.